The van der Waals surface area contributed by atoms with E-state index < -0.39 is 11.6 Å². The van der Waals surface area contributed by atoms with E-state index in [0.29, 0.717) is 30.1 Å². The molecule has 2 N–H and O–H groups in total. The normalized spacial score (nSPS) is 24.5. The van der Waals surface area contributed by atoms with Crippen LogP contribution in [0.3, 0.4) is 0 Å². The Labute approximate surface area is 208 Å². The van der Waals surface area contributed by atoms with Gasteiger partial charge in [-0.2, -0.15) is 0 Å². The van der Waals surface area contributed by atoms with Gasteiger partial charge in [0.05, 0.1) is 16.9 Å². The molecule has 34 heavy (non-hydrogen) atoms. The van der Waals surface area contributed by atoms with Crippen LogP contribution in [0, 0.1) is 11.8 Å². The maximum Gasteiger partial charge on any atom is 0.303 e. The van der Waals surface area contributed by atoms with E-state index in [1.165, 1.54) is 0 Å². The zero-order valence-corrected chi connectivity index (χ0v) is 21.4. The van der Waals surface area contributed by atoms with E-state index in [9.17, 15) is 19.8 Å². The van der Waals surface area contributed by atoms with Crippen LogP contribution in [0.4, 0.5) is 5.82 Å². The van der Waals surface area contributed by atoms with Gasteiger partial charge in [-0.1, -0.05) is 12.8 Å². The minimum absolute atomic E-state index is 0.00685. The van der Waals surface area contributed by atoms with E-state index in [0.717, 1.165) is 69.4 Å². The third-order valence-corrected chi connectivity index (χ3v) is 8.30. The van der Waals surface area contributed by atoms with Crippen molar-refractivity contribution in [1.29, 1.82) is 0 Å². The van der Waals surface area contributed by atoms with Gasteiger partial charge in [0.2, 0.25) is 0 Å². The van der Waals surface area contributed by atoms with Gasteiger partial charge in [-0.3, -0.25) is 9.59 Å². The van der Waals surface area contributed by atoms with E-state index in [2.05, 4.69) is 4.90 Å². The number of amides is 1. The number of aliphatic hydroxyl groups is 1. The molecule has 1 aromatic rings. The second-order valence-electron chi connectivity index (χ2n) is 11.0. The summed E-state index contributed by atoms with van der Waals surface area (Å²) in [5, 5.41) is 19.8. The number of carboxylic acid groups (broad SMARTS) is 1. The maximum absolute atomic E-state index is 13.8. The van der Waals surface area contributed by atoms with Crippen molar-refractivity contribution in [2.45, 2.75) is 88.0 Å². The first-order valence-corrected chi connectivity index (χ1v) is 13.3. The summed E-state index contributed by atoms with van der Waals surface area (Å²) in [5.41, 5.74) is 0.710. The van der Waals surface area contributed by atoms with E-state index in [4.69, 9.17) is 17.6 Å². The number of nitrogens with zero attached hydrogens (tertiary/aromatic N) is 3. The first-order chi connectivity index (χ1) is 16.1. The molecule has 2 aliphatic heterocycles. The molecule has 3 heterocycles. The standard InChI is InChI=1S/C26H39N3O4S/c1-26(2,33)19-10-6-12-29(16-19)25(32)20-14-21(34)24(27-23(20)18-8-3-4-9-18)28-11-5-7-17(15-28)13-22(30)31/h14,17-19,33-34H,3-13,15-16H2,1-2H3,(H,30,31)/t17-,19?/m0/s1. The Morgan fingerprint density at radius 3 is 2.47 bits per heavy atom. The maximum atomic E-state index is 13.8. The van der Waals surface area contributed by atoms with E-state index in [1.807, 2.05) is 24.8 Å². The molecule has 1 aromatic heterocycles. The number of hydrogen-bond donors (Lipinski definition) is 3. The third kappa shape index (κ3) is 5.70. The summed E-state index contributed by atoms with van der Waals surface area (Å²) in [5.74, 6) is 0.439. The van der Waals surface area contributed by atoms with Gasteiger partial charge < -0.3 is 20.0 Å². The molecule has 4 rings (SSSR count). The Morgan fingerprint density at radius 2 is 1.79 bits per heavy atom. The molecule has 188 valence electrons. The molecule has 2 atom stereocenters. The monoisotopic (exact) mass is 489 g/mol. The first kappa shape index (κ1) is 25.3. The average Bonchev–Trinajstić information content (AvgIpc) is 3.32. The number of hydrogen-bond acceptors (Lipinski definition) is 6. The van der Waals surface area contributed by atoms with Crippen LogP contribution in [-0.4, -0.2) is 63.8 Å². The third-order valence-electron chi connectivity index (χ3n) is 7.97. The van der Waals surface area contributed by atoms with Gasteiger partial charge in [0, 0.05) is 49.3 Å². The molecule has 1 aliphatic carbocycles. The number of carboxylic acids is 1. The molecule has 1 amide bonds. The lowest BCUT2D eigenvalue weighted by molar-refractivity contribution is -0.138. The number of aromatic nitrogens is 1. The Morgan fingerprint density at radius 1 is 1.09 bits per heavy atom. The number of carbonyl (C=O) groups excluding carboxylic acids is 1. The first-order valence-electron chi connectivity index (χ1n) is 12.9. The molecule has 0 spiro atoms. The highest BCUT2D eigenvalue weighted by molar-refractivity contribution is 7.80. The summed E-state index contributed by atoms with van der Waals surface area (Å²) < 4.78 is 0. The van der Waals surface area contributed by atoms with Crippen LogP contribution in [0.2, 0.25) is 0 Å². The molecule has 3 fully saturated rings. The summed E-state index contributed by atoms with van der Waals surface area (Å²) in [7, 11) is 0. The van der Waals surface area contributed by atoms with Crippen molar-refractivity contribution >= 4 is 30.3 Å². The van der Waals surface area contributed by atoms with Crippen molar-refractivity contribution in [2.75, 3.05) is 31.1 Å². The van der Waals surface area contributed by atoms with Crippen LogP contribution >= 0.6 is 12.6 Å². The SMILES string of the molecule is CC(C)(O)C1CCCN(C(=O)c2cc(S)c(N3CCC[C@@H](CC(=O)O)C3)nc2C2CCCC2)C1. The quantitative estimate of drug-likeness (QED) is 0.515. The molecule has 3 aliphatic rings. The second kappa shape index (κ2) is 10.4. The van der Waals surface area contributed by atoms with E-state index in [1.54, 1.807) is 0 Å². The Hall–Kier alpha value is -1.80. The summed E-state index contributed by atoms with van der Waals surface area (Å²) in [6.45, 7) is 6.39. The number of thiol groups is 1. The van der Waals surface area contributed by atoms with Crippen molar-refractivity contribution in [3.63, 3.8) is 0 Å². The van der Waals surface area contributed by atoms with Crippen LogP contribution in [0.15, 0.2) is 11.0 Å². The Balaban J connectivity index is 1.63. The number of anilines is 1. The zero-order valence-electron chi connectivity index (χ0n) is 20.5. The number of rotatable bonds is 6. The van der Waals surface area contributed by atoms with Crippen LogP contribution < -0.4 is 4.90 Å². The number of aliphatic carboxylic acids is 1. The van der Waals surface area contributed by atoms with Crippen molar-refractivity contribution in [1.82, 2.24) is 9.88 Å². The van der Waals surface area contributed by atoms with Crippen LogP contribution in [0.25, 0.3) is 0 Å². The van der Waals surface area contributed by atoms with Gasteiger partial charge >= 0.3 is 5.97 Å². The fraction of sp³-hybridized carbons (Fsp3) is 0.731. The topological polar surface area (TPSA) is 94.0 Å². The molecule has 0 bridgehead atoms. The highest BCUT2D eigenvalue weighted by Crippen LogP contribution is 2.39. The molecular weight excluding hydrogens is 450 g/mol. The number of pyridine rings is 1. The van der Waals surface area contributed by atoms with Gasteiger partial charge in [-0.15, -0.1) is 12.6 Å². The predicted octanol–water partition coefficient (Wildman–Crippen LogP) is 4.34. The van der Waals surface area contributed by atoms with E-state index in [-0.39, 0.29) is 30.1 Å². The lowest BCUT2D eigenvalue weighted by Gasteiger charge is -2.39. The zero-order chi connectivity index (χ0) is 24.5. The van der Waals surface area contributed by atoms with Crippen molar-refractivity contribution in [2.24, 2.45) is 11.8 Å². The summed E-state index contributed by atoms with van der Waals surface area (Å²) in [4.78, 5) is 34.8. The molecule has 0 aromatic carbocycles. The summed E-state index contributed by atoms with van der Waals surface area (Å²) in [6.07, 6.45) is 8.18. The predicted molar refractivity (Wildman–Crippen MR) is 135 cm³/mol. The number of likely N-dealkylation sites (tertiary alicyclic amines) is 1. The van der Waals surface area contributed by atoms with E-state index >= 15 is 0 Å². The molecule has 1 saturated carbocycles. The highest BCUT2D eigenvalue weighted by atomic mass is 32.1. The van der Waals surface area contributed by atoms with Crippen LogP contribution in [-0.2, 0) is 4.79 Å². The molecule has 8 heteroatoms. The molecule has 0 radical (unpaired) electrons. The second-order valence-corrected chi connectivity index (χ2v) is 11.5. The van der Waals surface area contributed by atoms with Gasteiger partial charge in [0.1, 0.15) is 5.82 Å². The van der Waals surface area contributed by atoms with Crippen LogP contribution in [0.5, 0.6) is 0 Å². The van der Waals surface area contributed by atoms with Crippen molar-refractivity contribution < 1.29 is 19.8 Å². The summed E-state index contributed by atoms with van der Waals surface area (Å²) >= 11 is 4.76. The van der Waals surface area contributed by atoms with Gasteiger partial charge in [0.15, 0.2) is 0 Å². The van der Waals surface area contributed by atoms with Crippen molar-refractivity contribution in [3.8, 4) is 0 Å². The molecular formula is C26H39N3O4S. The molecule has 1 unspecified atom stereocenters. The van der Waals surface area contributed by atoms with Gasteiger partial charge in [-0.05, 0) is 64.4 Å². The fourth-order valence-electron chi connectivity index (χ4n) is 6.00. The van der Waals surface area contributed by atoms with Crippen LogP contribution in [0.1, 0.15) is 93.6 Å². The lowest BCUT2D eigenvalue weighted by atomic mass is 9.84. The minimum Gasteiger partial charge on any atom is -0.481 e. The van der Waals surface area contributed by atoms with Crippen molar-refractivity contribution in [3.05, 3.63) is 17.3 Å². The van der Waals surface area contributed by atoms with Gasteiger partial charge in [-0.25, -0.2) is 4.98 Å². The Bertz CT molecular complexity index is 910. The lowest BCUT2D eigenvalue weighted by Crippen LogP contribution is -2.47. The smallest absolute Gasteiger partial charge is 0.303 e. The number of piperidine rings is 2. The molecule has 2 saturated heterocycles. The summed E-state index contributed by atoms with van der Waals surface area (Å²) in [6, 6.07) is 1.90. The molecule has 7 nitrogen and oxygen atoms in total. The Kier molecular flexibility index (Phi) is 7.77. The minimum atomic E-state index is -0.815. The average molecular weight is 490 g/mol. The largest absolute Gasteiger partial charge is 0.481 e. The fourth-order valence-corrected chi connectivity index (χ4v) is 6.32. The van der Waals surface area contributed by atoms with Gasteiger partial charge in [0.25, 0.3) is 5.91 Å². The highest BCUT2D eigenvalue weighted by Gasteiger charge is 2.36. The number of carbonyl (C=O) groups is 2.